The largest absolute Gasteiger partial charge is 0.376 e. The van der Waals surface area contributed by atoms with Gasteiger partial charge in [-0.15, -0.1) is 0 Å². The first-order valence-electron chi connectivity index (χ1n) is 7.61. The summed E-state index contributed by atoms with van der Waals surface area (Å²) < 4.78 is 44.8. The zero-order valence-corrected chi connectivity index (χ0v) is 13.2. The van der Waals surface area contributed by atoms with Gasteiger partial charge >= 0.3 is 0 Å². The third kappa shape index (κ3) is 4.68. The Balaban J connectivity index is 1.88. The second kappa shape index (κ2) is 7.79. The van der Waals surface area contributed by atoms with E-state index < -0.39 is 23.5 Å². The Labute approximate surface area is 133 Å². The average molecular weight is 330 g/mol. The molecule has 0 aliphatic carbocycles. The number of likely N-dealkylation sites (N-methyl/N-ethyl adjacent to an activating group) is 1. The van der Waals surface area contributed by atoms with Gasteiger partial charge in [0.05, 0.1) is 12.1 Å². The Bertz CT molecular complexity index is 539. The monoisotopic (exact) mass is 330 g/mol. The SMILES string of the molecule is C[C@H](C(=O)NC[C@H]1CCCO1)N(C)Cc1cc(F)c(F)c(F)c1. The van der Waals surface area contributed by atoms with Crippen molar-refractivity contribution >= 4 is 5.91 Å². The van der Waals surface area contributed by atoms with Crippen molar-refractivity contribution in [1.29, 1.82) is 0 Å². The molecule has 7 heteroatoms. The van der Waals surface area contributed by atoms with E-state index in [1.165, 1.54) is 0 Å². The van der Waals surface area contributed by atoms with Crippen LogP contribution < -0.4 is 5.32 Å². The molecule has 23 heavy (non-hydrogen) atoms. The summed E-state index contributed by atoms with van der Waals surface area (Å²) in [5, 5.41) is 2.81. The van der Waals surface area contributed by atoms with Gasteiger partial charge in [-0.2, -0.15) is 0 Å². The minimum atomic E-state index is -1.49. The van der Waals surface area contributed by atoms with Crippen molar-refractivity contribution in [2.45, 2.75) is 38.5 Å². The molecule has 0 unspecified atom stereocenters. The summed E-state index contributed by atoms with van der Waals surface area (Å²) in [7, 11) is 1.66. The smallest absolute Gasteiger partial charge is 0.237 e. The molecule has 0 radical (unpaired) electrons. The van der Waals surface area contributed by atoms with Gasteiger partial charge in [0.25, 0.3) is 0 Å². The molecule has 0 aromatic heterocycles. The quantitative estimate of drug-likeness (QED) is 0.813. The molecule has 128 valence electrons. The predicted octanol–water partition coefficient (Wildman–Crippen LogP) is 2.22. The predicted molar refractivity (Wildman–Crippen MR) is 79.2 cm³/mol. The Morgan fingerprint density at radius 2 is 2.04 bits per heavy atom. The molecule has 1 aromatic rings. The number of carbonyl (C=O) groups excluding carboxylic acids is 1. The summed E-state index contributed by atoms with van der Waals surface area (Å²) in [4.78, 5) is 13.7. The molecule has 2 atom stereocenters. The molecular formula is C16H21F3N2O2. The molecule has 0 saturated carbocycles. The van der Waals surface area contributed by atoms with E-state index in [-0.39, 0.29) is 24.1 Å². The maximum atomic E-state index is 13.2. The zero-order valence-electron chi connectivity index (χ0n) is 13.2. The van der Waals surface area contributed by atoms with Crippen LogP contribution in [0, 0.1) is 17.5 Å². The summed E-state index contributed by atoms with van der Waals surface area (Å²) in [6, 6.07) is 1.38. The van der Waals surface area contributed by atoms with Crippen molar-refractivity contribution in [1.82, 2.24) is 10.2 Å². The van der Waals surface area contributed by atoms with Crippen LogP contribution in [0.1, 0.15) is 25.3 Å². The highest BCUT2D eigenvalue weighted by atomic mass is 19.2. The molecule has 1 N–H and O–H groups in total. The van der Waals surface area contributed by atoms with Crippen LogP contribution in [0.4, 0.5) is 13.2 Å². The molecule has 4 nitrogen and oxygen atoms in total. The highest BCUT2D eigenvalue weighted by molar-refractivity contribution is 5.81. The van der Waals surface area contributed by atoms with E-state index >= 15 is 0 Å². The van der Waals surface area contributed by atoms with Crippen molar-refractivity contribution in [3.63, 3.8) is 0 Å². The number of hydrogen-bond donors (Lipinski definition) is 1. The Hall–Kier alpha value is -1.60. The second-order valence-electron chi connectivity index (χ2n) is 5.84. The van der Waals surface area contributed by atoms with Crippen LogP contribution in [0.3, 0.4) is 0 Å². The molecule has 1 heterocycles. The summed E-state index contributed by atoms with van der Waals surface area (Å²) in [5.41, 5.74) is 0.266. The number of halogens is 3. The number of benzene rings is 1. The van der Waals surface area contributed by atoms with Crippen LogP contribution in [-0.4, -0.2) is 43.2 Å². The van der Waals surface area contributed by atoms with E-state index in [0.717, 1.165) is 31.6 Å². The first-order valence-corrected chi connectivity index (χ1v) is 7.61. The van der Waals surface area contributed by atoms with E-state index in [0.29, 0.717) is 6.54 Å². The average Bonchev–Trinajstić information content (AvgIpc) is 3.02. The molecule has 0 spiro atoms. The van der Waals surface area contributed by atoms with Gasteiger partial charge in [0, 0.05) is 19.7 Å². The van der Waals surface area contributed by atoms with Gasteiger partial charge in [-0.1, -0.05) is 0 Å². The number of carbonyl (C=O) groups is 1. The van der Waals surface area contributed by atoms with Crippen LogP contribution in [-0.2, 0) is 16.1 Å². The lowest BCUT2D eigenvalue weighted by Gasteiger charge is -2.24. The Kier molecular flexibility index (Phi) is 6.01. The summed E-state index contributed by atoms with van der Waals surface area (Å²) in [5.74, 6) is -4.14. The molecule has 2 rings (SSSR count). The number of ether oxygens (including phenoxy) is 1. The minimum absolute atomic E-state index is 0.0525. The van der Waals surface area contributed by atoms with E-state index in [4.69, 9.17) is 4.74 Å². The Morgan fingerprint density at radius 1 is 1.39 bits per heavy atom. The lowest BCUT2D eigenvalue weighted by atomic mass is 10.1. The zero-order chi connectivity index (χ0) is 17.0. The molecular weight excluding hydrogens is 309 g/mol. The van der Waals surface area contributed by atoms with Gasteiger partial charge in [-0.05, 0) is 44.5 Å². The fourth-order valence-corrected chi connectivity index (χ4v) is 2.49. The number of hydrogen-bond acceptors (Lipinski definition) is 3. The van der Waals surface area contributed by atoms with E-state index in [1.807, 2.05) is 0 Å². The molecule has 0 bridgehead atoms. The first kappa shape index (κ1) is 17.7. The van der Waals surface area contributed by atoms with Crippen molar-refractivity contribution in [2.75, 3.05) is 20.2 Å². The maximum absolute atomic E-state index is 13.2. The standard InChI is InChI=1S/C16H21F3N2O2/c1-10(16(22)20-8-12-4-3-5-23-12)21(2)9-11-6-13(17)15(19)14(18)7-11/h6-7,10,12H,3-5,8-9H2,1-2H3,(H,20,22)/t10-,12-/m1/s1. The number of nitrogens with one attached hydrogen (secondary N) is 1. The fraction of sp³-hybridized carbons (Fsp3) is 0.562. The first-order chi connectivity index (χ1) is 10.9. The number of rotatable bonds is 6. The van der Waals surface area contributed by atoms with Crippen LogP contribution in [0.25, 0.3) is 0 Å². The molecule has 1 fully saturated rings. The van der Waals surface area contributed by atoms with Crippen LogP contribution in [0.5, 0.6) is 0 Å². The highest BCUT2D eigenvalue weighted by Crippen LogP contribution is 2.16. The second-order valence-corrected chi connectivity index (χ2v) is 5.84. The molecule has 1 aliphatic heterocycles. The van der Waals surface area contributed by atoms with Crippen LogP contribution in [0.15, 0.2) is 12.1 Å². The highest BCUT2D eigenvalue weighted by Gasteiger charge is 2.22. The van der Waals surface area contributed by atoms with Gasteiger partial charge in [0.15, 0.2) is 17.5 Å². The maximum Gasteiger partial charge on any atom is 0.237 e. The van der Waals surface area contributed by atoms with E-state index in [1.54, 1.807) is 18.9 Å². The van der Waals surface area contributed by atoms with Gasteiger partial charge in [0.2, 0.25) is 5.91 Å². The van der Waals surface area contributed by atoms with E-state index in [9.17, 15) is 18.0 Å². The molecule has 1 aromatic carbocycles. The summed E-state index contributed by atoms with van der Waals surface area (Å²) in [6.45, 7) is 3.00. The van der Waals surface area contributed by atoms with Gasteiger partial charge in [-0.25, -0.2) is 13.2 Å². The van der Waals surface area contributed by atoms with Crippen molar-refractivity contribution in [2.24, 2.45) is 0 Å². The van der Waals surface area contributed by atoms with Gasteiger partial charge in [0.1, 0.15) is 0 Å². The summed E-state index contributed by atoms with van der Waals surface area (Å²) >= 11 is 0. The number of amides is 1. The van der Waals surface area contributed by atoms with Crippen molar-refractivity contribution < 1.29 is 22.7 Å². The van der Waals surface area contributed by atoms with Crippen LogP contribution >= 0.6 is 0 Å². The van der Waals surface area contributed by atoms with E-state index in [2.05, 4.69) is 5.32 Å². The third-order valence-electron chi connectivity index (χ3n) is 4.04. The molecule has 1 saturated heterocycles. The third-order valence-corrected chi connectivity index (χ3v) is 4.04. The minimum Gasteiger partial charge on any atom is -0.376 e. The van der Waals surface area contributed by atoms with Gasteiger partial charge in [-0.3, -0.25) is 9.69 Å². The molecule has 1 aliphatic rings. The summed E-state index contributed by atoms with van der Waals surface area (Å²) in [6.07, 6.45) is 1.98. The Morgan fingerprint density at radius 3 is 2.61 bits per heavy atom. The van der Waals surface area contributed by atoms with Crippen molar-refractivity contribution in [3.8, 4) is 0 Å². The normalized spacial score (nSPS) is 19.1. The van der Waals surface area contributed by atoms with Crippen molar-refractivity contribution in [3.05, 3.63) is 35.1 Å². The lowest BCUT2D eigenvalue weighted by molar-refractivity contribution is -0.126. The lowest BCUT2D eigenvalue weighted by Crippen LogP contribution is -2.45. The van der Waals surface area contributed by atoms with Gasteiger partial charge < -0.3 is 10.1 Å². The number of nitrogens with zero attached hydrogens (tertiary/aromatic N) is 1. The topological polar surface area (TPSA) is 41.6 Å². The van der Waals surface area contributed by atoms with Crippen LogP contribution in [0.2, 0.25) is 0 Å². The fourth-order valence-electron chi connectivity index (χ4n) is 2.49. The molecule has 1 amide bonds.